The summed E-state index contributed by atoms with van der Waals surface area (Å²) in [7, 11) is 0. The number of unbranched alkanes of at least 4 members (excludes halogenated alkanes) is 1. The van der Waals surface area contributed by atoms with Gasteiger partial charge in [-0.3, -0.25) is 0 Å². The van der Waals surface area contributed by atoms with Gasteiger partial charge in [-0.25, -0.2) is 0 Å². The van der Waals surface area contributed by atoms with Crippen molar-refractivity contribution in [3.8, 4) is 0 Å². The maximum absolute atomic E-state index is 2.24. The molecule has 0 atom stereocenters. The largest absolute Gasteiger partial charge is 0.0728 e. The predicted octanol–water partition coefficient (Wildman–Crippen LogP) is 6.18. The van der Waals surface area contributed by atoms with Crippen molar-refractivity contribution in [2.75, 3.05) is 0 Å². The van der Waals surface area contributed by atoms with E-state index in [0.29, 0.717) is 0 Å². The van der Waals surface area contributed by atoms with Gasteiger partial charge in [-0.15, -0.1) is 0 Å². The molecule has 0 nitrogen and oxygen atoms in total. The second kappa shape index (κ2) is 8.97. The van der Waals surface area contributed by atoms with Gasteiger partial charge in [0.15, 0.2) is 0 Å². The molecule has 1 radical (unpaired) electrons. The standard InChI is InChI=1S/C21H23/c1-2-3-10-21(17-15-19-11-6-4-7-12-19)18-16-20-13-8-5-9-14-20/h4-9,11-18H,2-3,10H2,1H3. The van der Waals surface area contributed by atoms with E-state index in [1.165, 1.54) is 29.9 Å². The Labute approximate surface area is 128 Å². The van der Waals surface area contributed by atoms with E-state index in [1.54, 1.807) is 0 Å². The topological polar surface area (TPSA) is 0 Å². The molecule has 2 aromatic carbocycles. The molecule has 0 bridgehead atoms. The molecule has 0 N–H and O–H groups in total. The average Bonchev–Trinajstić information content (AvgIpc) is 2.56. The highest BCUT2D eigenvalue weighted by Gasteiger charge is 2.00. The number of hydrogen-bond acceptors (Lipinski definition) is 0. The summed E-state index contributed by atoms with van der Waals surface area (Å²) < 4.78 is 0. The highest BCUT2D eigenvalue weighted by atomic mass is 14.0. The summed E-state index contributed by atoms with van der Waals surface area (Å²) in [4.78, 5) is 0. The van der Waals surface area contributed by atoms with E-state index in [9.17, 15) is 0 Å². The van der Waals surface area contributed by atoms with E-state index in [-0.39, 0.29) is 0 Å². The molecule has 0 spiro atoms. The van der Waals surface area contributed by atoms with Gasteiger partial charge in [0.05, 0.1) is 0 Å². The lowest BCUT2D eigenvalue weighted by molar-refractivity contribution is 0.769. The molecule has 2 rings (SSSR count). The van der Waals surface area contributed by atoms with Gasteiger partial charge in [-0.2, -0.15) is 0 Å². The van der Waals surface area contributed by atoms with Crippen LogP contribution in [0, 0.1) is 5.92 Å². The molecular formula is C21H23. The molecule has 0 saturated heterocycles. The molecule has 0 aromatic heterocycles. The van der Waals surface area contributed by atoms with Crippen molar-refractivity contribution in [2.45, 2.75) is 26.2 Å². The molecular weight excluding hydrogens is 252 g/mol. The third-order valence-corrected chi connectivity index (χ3v) is 3.40. The van der Waals surface area contributed by atoms with Crippen LogP contribution in [0.1, 0.15) is 37.3 Å². The fourth-order valence-electron chi connectivity index (χ4n) is 2.14. The first-order valence-corrected chi connectivity index (χ1v) is 7.70. The lowest BCUT2D eigenvalue weighted by Gasteiger charge is -2.06. The monoisotopic (exact) mass is 275 g/mol. The zero-order chi connectivity index (χ0) is 14.8. The number of hydrogen-bond donors (Lipinski definition) is 0. The van der Waals surface area contributed by atoms with Gasteiger partial charge in [0.25, 0.3) is 0 Å². The lowest BCUT2D eigenvalue weighted by Crippen LogP contribution is -1.89. The van der Waals surface area contributed by atoms with Crippen LogP contribution in [-0.4, -0.2) is 0 Å². The Morgan fingerprint density at radius 1 is 0.762 bits per heavy atom. The van der Waals surface area contributed by atoms with Gasteiger partial charge in [0, 0.05) is 5.92 Å². The Morgan fingerprint density at radius 3 is 1.67 bits per heavy atom. The molecule has 0 aliphatic heterocycles. The van der Waals surface area contributed by atoms with Crippen LogP contribution >= 0.6 is 0 Å². The van der Waals surface area contributed by atoms with E-state index < -0.39 is 0 Å². The summed E-state index contributed by atoms with van der Waals surface area (Å²) in [6.07, 6.45) is 12.5. The normalized spacial score (nSPS) is 11.7. The van der Waals surface area contributed by atoms with Gasteiger partial charge in [0.2, 0.25) is 0 Å². The molecule has 0 saturated carbocycles. The molecule has 0 amide bonds. The zero-order valence-electron chi connectivity index (χ0n) is 12.7. The quantitative estimate of drug-likeness (QED) is 0.566. The highest BCUT2D eigenvalue weighted by molar-refractivity contribution is 5.57. The molecule has 0 heterocycles. The predicted molar refractivity (Wildman–Crippen MR) is 93.7 cm³/mol. The van der Waals surface area contributed by atoms with Crippen molar-refractivity contribution in [3.05, 3.63) is 89.9 Å². The van der Waals surface area contributed by atoms with Gasteiger partial charge in [-0.05, 0) is 17.5 Å². The molecule has 2 aromatic rings. The minimum atomic E-state index is 1.13. The van der Waals surface area contributed by atoms with Gasteiger partial charge in [-0.1, -0.05) is 105 Å². The summed E-state index contributed by atoms with van der Waals surface area (Å²) >= 11 is 0. The van der Waals surface area contributed by atoms with Crippen LogP contribution in [0.3, 0.4) is 0 Å². The SMILES string of the molecule is CCCC[C](C=Cc1ccccc1)C=Cc1ccccc1. The van der Waals surface area contributed by atoms with Crippen LogP contribution < -0.4 is 0 Å². The highest BCUT2D eigenvalue weighted by Crippen LogP contribution is 2.18. The van der Waals surface area contributed by atoms with Crippen molar-refractivity contribution in [1.82, 2.24) is 0 Å². The van der Waals surface area contributed by atoms with E-state index in [0.717, 1.165) is 6.42 Å². The van der Waals surface area contributed by atoms with Gasteiger partial charge < -0.3 is 0 Å². The maximum Gasteiger partial charge on any atom is 0.0194 e. The van der Waals surface area contributed by atoms with Crippen LogP contribution in [0.4, 0.5) is 0 Å². The van der Waals surface area contributed by atoms with Crippen molar-refractivity contribution >= 4 is 12.2 Å². The number of allylic oxidation sites excluding steroid dienone is 2. The third-order valence-electron chi connectivity index (χ3n) is 3.40. The Bertz CT molecular complexity index is 500. The Morgan fingerprint density at radius 2 is 1.24 bits per heavy atom. The first kappa shape index (κ1) is 15.3. The van der Waals surface area contributed by atoms with Gasteiger partial charge in [0.1, 0.15) is 0 Å². The number of rotatable bonds is 7. The summed E-state index contributed by atoms with van der Waals surface area (Å²) in [6.45, 7) is 2.24. The van der Waals surface area contributed by atoms with Crippen LogP contribution in [0.25, 0.3) is 12.2 Å². The molecule has 107 valence electrons. The lowest BCUT2D eigenvalue weighted by atomic mass is 9.99. The van der Waals surface area contributed by atoms with E-state index in [4.69, 9.17) is 0 Å². The number of benzene rings is 2. The average molecular weight is 275 g/mol. The Hall–Kier alpha value is -2.08. The fraction of sp³-hybridized carbons (Fsp3) is 0.190. The molecule has 0 aliphatic carbocycles. The van der Waals surface area contributed by atoms with Crippen molar-refractivity contribution in [3.63, 3.8) is 0 Å². The maximum atomic E-state index is 2.24. The Kier molecular flexibility index (Phi) is 6.54. The summed E-state index contributed by atoms with van der Waals surface area (Å²) in [5.41, 5.74) is 2.50. The molecule has 0 unspecified atom stereocenters. The minimum absolute atomic E-state index is 1.13. The third kappa shape index (κ3) is 5.83. The van der Waals surface area contributed by atoms with Gasteiger partial charge >= 0.3 is 0 Å². The van der Waals surface area contributed by atoms with E-state index >= 15 is 0 Å². The first-order valence-electron chi connectivity index (χ1n) is 7.70. The second-order valence-corrected chi connectivity index (χ2v) is 5.17. The van der Waals surface area contributed by atoms with Crippen molar-refractivity contribution in [2.24, 2.45) is 0 Å². The van der Waals surface area contributed by atoms with Crippen LogP contribution in [0.5, 0.6) is 0 Å². The molecule has 0 heteroatoms. The van der Waals surface area contributed by atoms with Crippen molar-refractivity contribution in [1.29, 1.82) is 0 Å². The Balaban J connectivity index is 2.04. The molecule has 21 heavy (non-hydrogen) atoms. The van der Waals surface area contributed by atoms with Crippen LogP contribution in [0.2, 0.25) is 0 Å². The van der Waals surface area contributed by atoms with E-state index in [1.807, 2.05) is 12.1 Å². The van der Waals surface area contributed by atoms with E-state index in [2.05, 4.69) is 79.8 Å². The first-order chi connectivity index (χ1) is 10.4. The smallest absolute Gasteiger partial charge is 0.0194 e. The fourth-order valence-corrected chi connectivity index (χ4v) is 2.14. The van der Waals surface area contributed by atoms with Crippen LogP contribution in [-0.2, 0) is 0 Å². The summed E-state index contributed by atoms with van der Waals surface area (Å²) in [5, 5.41) is 0. The molecule has 0 aliphatic rings. The zero-order valence-corrected chi connectivity index (χ0v) is 12.7. The minimum Gasteiger partial charge on any atom is -0.0728 e. The summed E-state index contributed by atoms with van der Waals surface area (Å²) in [6, 6.07) is 20.9. The second-order valence-electron chi connectivity index (χ2n) is 5.17. The van der Waals surface area contributed by atoms with Crippen molar-refractivity contribution < 1.29 is 0 Å². The summed E-state index contributed by atoms with van der Waals surface area (Å²) in [5.74, 6) is 1.38. The molecule has 0 fully saturated rings. The van der Waals surface area contributed by atoms with Crippen LogP contribution in [0.15, 0.2) is 72.8 Å².